The summed E-state index contributed by atoms with van der Waals surface area (Å²) in [5.74, 6) is 1.83. The fourth-order valence-corrected chi connectivity index (χ4v) is 1.95. The number of hydrogen-bond acceptors (Lipinski definition) is 2. The van der Waals surface area contributed by atoms with Gasteiger partial charge in [0, 0.05) is 27.2 Å². The Bertz CT molecular complexity index is 108. The summed E-state index contributed by atoms with van der Waals surface area (Å²) in [4.78, 5) is 0. The molecule has 0 amide bonds. The van der Waals surface area contributed by atoms with Crippen LogP contribution in [0, 0.1) is 11.8 Å². The van der Waals surface area contributed by atoms with Crippen molar-refractivity contribution in [2.75, 3.05) is 27.2 Å². The lowest BCUT2D eigenvalue weighted by atomic mass is 9.87. The average Bonchev–Trinajstić information content (AvgIpc) is 2.04. The molecule has 0 atom stereocenters. The predicted molar refractivity (Wildman–Crippen MR) is 52.8 cm³/mol. The normalized spacial score (nSPS) is 22.5. The molecule has 0 N–H and O–H groups in total. The third-order valence-corrected chi connectivity index (χ3v) is 3.02. The maximum absolute atomic E-state index is 2.43. The second-order valence-electron chi connectivity index (χ2n) is 4.38. The Labute approximate surface area is 76.5 Å². The van der Waals surface area contributed by atoms with Gasteiger partial charge >= 0.3 is 0 Å². The molecule has 0 aliphatic carbocycles. The van der Waals surface area contributed by atoms with Gasteiger partial charge in [-0.05, 0) is 24.7 Å². The van der Waals surface area contributed by atoms with E-state index < -0.39 is 0 Å². The van der Waals surface area contributed by atoms with Crippen LogP contribution in [0.2, 0.25) is 0 Å². The average molecular weight is 170 g/mol. The zero-order chi connectivity index (χ0) is 9.14. The topological polar surface area (TPSA) is 6.48 Å². The second-order valence-corrected chi connectivity index (χ2v) is 4.38. The maximum Gasteiger partial charge on any atom is 0.0135 e. The zero-order valence-electron chi connectivity index (χ0n) is 8.88. The van der Waals surface area contributed by atoms with Crippen molar-refractivity contribution >= 4 is 0 Å². The molecule has 1 aliphatic heterocycles. The molecule has 0 unspecified atom stereocenters. The Morgan fingerprint density at radius 2 is 1.67 bits per heavy atom. The highest BCUT2D eigenvalue weighted by atomic mass is 15.6. The number of hydrogen-bond donors (Lipinski definition) is 0. The molecule has 1 heterocycles. The van der Waals surface area contributed by atoms with Crippen molar-refractivity contribution in [1.29, 1.82) is 0 Å². The van der Waals surface area contributed by atoms with Crippen LogP contribution in [0.15, 0.2) is 0 Å². The van der Waals surface area contributed by atoms with E-state index in [1.54, 1.807) is 0 Å². The highest BCUT2D eigenvalue weighted by Crippen LogP contribution is 2.24. The summed E-state index contributed by atoms with van der Waals surface area (Å²) in [6, 6.07) is 0. The molecule has 12 heavy (non-hydrogen) atoms. The Morgan fingerprint density at radius 3 is 2.00 bits per heavy atom. The van der Waals surface area contributed by atoms with Gasteiger partial charge in [0.1, 0.15) is 0 Å². The van der Waals surface area contributed by atoms with Crippen LogP contribution in [-0.2, 0) is 0 Å². The van der Waals surface area contributed by atoms with Gasteiger partial charge in [-0.25, -0.2) is 10.0 Å². The largest absolute Gasteiger partial charge is 0.248 e. The Hall–Kier alpha value is -0.0800. The molecule has 0 spiro atoms. The van der Waals surface area contributed by atoms with Gasteiger partial charge in [0.25, 0.3) is 0 Å². The van der Waals surface area contributed by atoms with Gasteiger partial charge in [-0.2, -0.15) is 0 Å². The number of piperidine rings is 1. The van der Waals surface area contributed by atoms with E-state index in [4.69, 9.17) is 0 Å². The Balaban J connectivity index is 2.30. The van der Waals surface area contributed by atoms with E-state index in [9.17, 15) is 0 Å². The van der Waals surface area contributed by atoms with Gasteiger partial charge in [0.15, 0.2) is 0 Å². The molecule has 1 fully saturated rings. The lowest BCUT2D eigenvalue weighted by molar-refractivity contribution is -0.0124. The van der Waals surface area contributed by atoms with Crippen molar-refractivity contribution in [3.05, 3.63) is 0 Å². The van der Waals surface area contributed by atoms with Crippen LogP contribution in [0.5, 0.6) is 0 Å². The van der Waals surface area contributed by atoms with E-state index in [1.165, 1.54) is 25.9 Å². The molecule has 0 bridgehead atoms. The molecular formula is C10H22N2. The first kappa shape index (κ1) is 10.0. The van der Waals surface area contributed by atoms with E-state index in [0.29, 0.717) is 0 Å². The standard InChI is InChI=1S/C10H22N2/c1-9(2)10-5-7-12(8-6-10)11(3)4/h9-10H,5-8H2,1-4H3. The van der Waals surface area contributed by atoms with Crippen LogP contribution < -0.4 is 0 Å². The number of hydrazine groups is 1. The predicted octanol–water partition coefficient (Wildman–Crippen LogP) is 1.83. The first-order chi connectivity index (χ1) is 5.61. The number of rotatable bonds is 2. The monoisotopic (exact) mass is 170 g/mol. The fourth-order valence-electron chi connectivity index (χ4n) is 1.95. The molecule has 1 aliphatic rings. The highest BCUT2D eigenvalue weighted by Gasteiger charge is 2.21. The van der Waals surface area contributed by atoms with E-state index in [1.807, 2.05) is 0 Å². The number of nitrogens with zero attached hydrogens (tertiary/aromatic N) is 2. The van der Waals surface area contributed by atoms with E-state index in [2.05, 4.69) is 38.0 Å². The SMILES string of the molecule is CC(C)C1CCN(N(C)C)CC1. The molecule has 2 heteroatoms. The van der Waals surface area contributed by atoms with Gasteiger partial charge in [0.2, 0.25) is 0 Å². The minimum Gasteiger partial charge on any atom is -0.248 e. The van der Waals surface area contributed by atoms with Gasteiger partial charge in [-0.3, -0.25) is 0 Å². The molecule has 0 radical (unpaired) electrons. The van der Waals surface area contributed by atoms with Crippen LogP contribution >= 0.6 is 0 Å². The maximum atomic E-state index is 2.43. The van der Waals surface area contributed by atoms with Gasteiger partial charge in [-0.15, -0.1) is 0 Å². The van der Waals surface area contributed by atoms with Crippen molar-refractivity contribution in [2.45, 2.75) is 26.7 Å². The summed E-state index contributed by atoms with van der Waals surface area (Å²) in [7, 11) is 4.27. The third-order valence-electron chi connectivity index (χ3n) is 3.02. The minimum atomic E-state index is 0.870. The smallest absolute Gasteiger partial charge is 0.0135 e. The zero-order valence-corrected chi connectivity index (χ0v) is 8.88. The third kappa shape index (κ3) is 2.46. The second kappa shape index (κ2) is 4.24. The molecule has 1 rings (SSSR count). The van der Waals surface area contributed by atoms with E-state index in [0.717, 1.165) is 11.8 Å². The van der Waals surface area contributed by atoms with Crippen molar-refractivity contribution in [3.8, 4) is 0 Å². The molecule has 0 aromatic rings. The van der Waals surface area contributed by atoms with Crippen molar-refractivity contribution < 1.29 is 0 Å². The summed E-state index contributed by atoms with van der Waals surface area (Å²) in [5.41, 5.74) is 0. The van der Waals surface area contributed by atoms with E-state index in [-0.39, 0.29) is 0 Å². The highest BCUT2D eigenvalue weighted by molar-refractivity contribution is 4.72. The summed E-state index contributed by atoms with van der Waals surface area (Å²) < 4.78 is 0. The molecule has 2 nitrogen and oxygen atoms in total. The van der Waals surface area contributed by atoms with Crippen LogP contribution in [-0.4, -0.2) is 37.2 Å². The molecule has 0 saturated carbocycles. The van der Waals surface area contributed by atoms with Crippen LogP contribution in [0.4, 0.5) is 0 Å². The molecule has 1 saturated heterocycles. The summed E-state index contributed by atoms with van der Waals surface area (Å²) in [6.07, 6.45) is 2.74. The quantitative estimate of drug-likeness (QED) is 0.624. The van der Waals surface area contributed by atoms with Crippen molar-refractivity contribution in [1.82, 2.24) is 10.0 Å². The molecular weight excluding hydrogens is 148 g/mol. The minimum absolute atomic E-state index is 0.870. The van der Waals surface area contributed by atoms with Crippen LogP contribution in [0.1, 0.15) is 26.7 Å². The first-order valence-electron chi connectivity index (χ1n) is 5.03. The van der Waals surface area contributed by atoms with Gasteiger partial charge in [-0.1, -0.05) is 13.8 Å². The summed E-state index contributed by atoms with van der Waals surface area (Å²) in [6.45, 7) is 7.18. The summed E-state index contributed by atoms with van der Waals surface area (Å²) in [5, 5.41) is 4.65. The van der Waals surface area contributed by atoms with Crippen LogP contribution in [0.3, 0.4) is 0 Å². The Kier molecular flexibility index (Phi) is 3.53. The molecule has 0 aromatic carbocycles. The molecule has 0 aromatic heterocycles. The lowest BCUT2D eigenvalue weighted by Crippen LogP contribution is -2.43. The Morgan fingerprint density at radius 1 is 1.17 bits per heavy atom. The first-order valence-corrected chi connectivity index (χ1v) is 5.03. The fraction of sp³-hybridized carbons (Fsp3) is 1.00. The molecule has 72 valence electrons. The lowest BCUT2D eigenvalue weighted by Gasteiger charge is -2.37. The van der Waals surface area contributed by atoms with Crippen molar-refractivity contribution in [3.63, 3.8) is 0 Å². The van der Waals surface area contributed by atoms with Crippen LogP contribution in [0.25, 0.3) is 0 Å². The van der Waals surface area contributed by atoms with Crippen molar-refractivity contribution in [2.24, 2.45) is 11.8 Å². The van der Waals surface area contributed by atoms with Gasteiger partial charge < -0.3 is 0 Å². The van der Waals surface area contributed by atoms with Gasteiger partial charge in [0.05, 0.1) is 0 Å². The van der Waals surface area contributed by atoms with E-state index >= 15 is 0 Å². The summed E-state index contributed by atoms with van der Waals surface area (Å²) >= 11 is 0.